The van der Waals surface area contributed by atoms with Crippen molar-refractivity contribution in [2.24, 2.45) is 0 Å². The molecule has 0 aliphatic carbocycles. The number of hydrogen-bond donors (Lipinski definition) is 2. The summed E-state index contributed by atoms with van der Waals surface area (Å²) in [6.07, 6.45) is 1.17. The van der Waals surface area contributed by atoms with E-state index in [1.807, 2.05) is 0 Å². The molecule has 19 heavy (non-hydrogen) atoms. The number of hydrogen-bond acceptors (Lipinski definition) is 4. The highest BCUT2D eigenvalue weighted by Gasteiger charge is 2.20. The van der Waals surface area contributed by atoms with Crippen LogP contribution in [0.4, 0.5) is 8.78 Å². The molecule has 9 heteroatoms. The molecule has 2 aromatic rings. The van der Waals surface area contributed by atoms with E-state index in [1.54, 1.807) is 6.92 Å². The van der Waals surface area contributed by atoms with Crippen LogP contribution in [0.3, 0.4) is 0 Å². The van der Waals surface area contributed by atoms with Crippen molar-refractivity contribution < 1.29 is 23.4 Å². The summed E-state index contributed by atoms with van der Waals surface area (Å²) < 4.78 is 29.7. The molecule has 2 rings (SSSR count). The quantitative estimate of drug-likeness (QED) is 0.880. The summed E-state index contributed by atoms with van der Waals surface area (Å²) in [7, 11) is 0. The average Bonchev–Trinajstić information content (AvgIpc) is 2.84. The van der Waals surface area contributed by atoms with Gasteiger partial charge in [-0.25, -0.2) is 9.48 Å². The van der Waals surface area contributed by atoms with E-state index >= 15 is 0 Å². The van der Waals surface area contributed by atoms with Gasteiger partial charge in [-0.15, -0.1) is 5.10 Å². The monoisotopic (exact) mass is 272 g/mol. The predicted octanol–water partition coefficient (Wildman–Crippen LogP) is 1.51. The van der Waals surface area contributed by atoms with Crippen LogP contribution in [-0.4, -0.2) is 37.7 Å². The van der Waals surface area contributed by atoms with E-state index in [9.17, 15) is 13.6 Å². The standard InChI is InChI=1S/C10H10F2N4O3/c1-4-7(14-15-8(4)19-10(11)12)16-5(2)6(3-13-16)9(17)18/h3,10H,1-2H3,(H,14,15)(H,17,18). The molecule has 0 saturated carbocycles. The second kappa shape index (κ2) is 4.67. The largest absolute Gasteiger partial charge is 0.478 e. The SMILES string of the molecule is Cc1c(OC(F)F)n[nH]c1-n1ncc(C(=O)O)c1C. The smallest absolute Gasteiger partial charge is 0.388 e. The normalized spacial score (nSPS) is 11.0. The van der Waals surface area contributed by atoms with Crippen molar-refractivity contribution in [1.29, 1.82) is 0 Å². The number of halogens is 2. The van der Waals surface area contributed by atoms with Crippen LogP contribution in [0.1, 0.15) is 21.6 Å². The van der Waals surface area contributed by atoms with Crippen LogP contribution in [0, 0.1) is 13.8 Å². The van der Waals surface area contributed by atoms with Gasteiger partial charge in [0.05, 0.1) is 17.5 Å². The molecule has 2 aromatic heterocycles. The molecule has 2 N–H and O–H groups in total. The van der Waals surface area contributed by atoms with Gasteiger partial charge in [0.25, 0.3) is 0 Å². The number of carbonyl (C=O) groups is 1. The Labute approximate surface area is 105 Å². The van der Waals surface area contributed by atoms with Crippen molar-refractivity contribution in [3.63, 3.8) is 0 Å². The van der Waals surface area contributed by atoms with E-state index in [0.29, 0.717) is 11.3 Å². The van der Waals surface area contributed by atoms with Crippen LogP contribution < -0.4 is 4.74 Å². The Morgan fingerprint density at radius 1 is 1.53 bits per heavy atom. The van der Waals surface area contributed by atoms with Gasteiger partial charge in [-0.1, -0.05) is 0 Å². The zero-order valence-electron chi connectivity index (χ0n) is 10.0. The first-order chi connectivity index (χ1) is 8.91. The van der Waals surface area contributed by atoms with E-state index in [-0.39, 0.29) is 17.3 Å². The molecule has 0 unspecified atom stereocenters. The van der Waals surface area contributed by atoms with E-state index in [4.69, 9.17) is 5.11 Å². The Balaban J connectivity index is 2.43. The number of aromatic carboxylic acids is 1. The van der Waals surface area contributed by atoms with Crippen LogP contribution in [0.25, 0.3) is 5.82 Å². The fourth-order valence-corrected chi connectivity index (χ4v) is 1.62. The zero-order chi connectivity index (χ0) is 14.2. The number of nitrogens with one attached hydrogen (secondary N) is 1. The molecule has 102 valence electrons. The van der Waals surface area contributed by atoms with Gasteiger partial charge in [-0.05, 0) is 13.8 Å². The molecule has 0 atom stereocenters. The van der Waals surface area contributed by atoms with Gasteiger partial charge in [-0.3, -0.25) is 5.10 Å². The Morgan fingerprint density at radius 3 is 2.74 bits per heavy atom. The topological polar surface area (TPSA) is 93.0 Å². The minimum absolute atomic E-state index is 0.0188. The fraction of sp³-hybridized carbons (Fsp3) is 0.300. The maximum absolute atomic E-state index is 12.1. The fourth-order valence-electron chi connectivity index (χ4n) is 1.62. The first-order valence-electron chi connectivity index (χ1n) is 5.20. The van der Waals surface area contributed by atoms with Crippen LogP contribution in [0.5, 0.6) is 5.88 Å². The second-order valence-electron chi connectivity index (χ2n) is 3.74. The minimum Gasteiger partial charge on any atom is -0.478 e. The third-order valence-electron chi connectivity index (χ3n) is 2.59. The molecule has 0 amide bonds. The minimum atomic E-state index is -2.98. The molecule has 0 fully saturated rings. The van der Waals surface area contributed by atoms with Crippen LogP contribution in [0.2, 0.25) is 0 Å². The zero-order valence-corrected chi connectivity index (χ0v) is 10.0. The number of carboxylic acids is 1. The molecule has 0 radical (unpaired) electrons. The van der Waals surface area contributed by atoms with E-state index < -0.39 is 12.6 Å². The Hall–Kier alpha value is -2.45. The number of alkyl halides is 2. The van der Waals surface area contributed by atoms with Gasteiger partial charge in [-0.2, -0.15) is 13.9 Å². The molecule has 7 nitrogen and oxygen atoms in total. The van der Waals surface area contributed by atoms with E-state index in [0.717, 1.165) is 0 Å². The highest BCUT2D eigenvalue weighted by Crippen LogP contribution is 2.23. The molecular weight excluding hydrogens is 262 g/mol. The molecule has 0 aromatic carbocycles. The molecule has 0 aliphatic heterocycles. The Kier molecular flexibility index (Phi) is 3.19. The number of aromatic nitrogens is 4. The summed E-state index contributed by atoms with van der Waals surface area (Å²) in [4.78, 5) is 10.9. The van der Waals surface area contributed by atoms with Crippen molar-refractivity contribution in [2.45, 2.75) is 20.5 Å². The number of ether oxygens (including phenoxy) is 1. The first-order valence-corrected chi connectivity index (χ1v) is 5.20. The first kappa shape index (κ1) is 13.0. The lowest BCUT2D eigenvalue weighted by atomic mass is 10.2. The lowest BCUT2D eigenvalue weighted by molar-refractivity contribution is -0.0533. The number of aromatic amines is 1. The molecule has 0 spiro atoms. The van der Waals surface area contributed by atoms with Gasteiger partial charge < -0.3 is 9.84 Å². The van der Waals surface area contributed by atoms with Crippen molar-refractivity contribution in [1.82, 2.24) is 20.0 Å². The Morgan fingerprint density at radius 2 is 2.21 bits per heavy atom. The third-order valence-corrected chi connectivity index (χ3v) is 2.59. The summed E-state index contributed by atoms with van der Waals surface area (Å²) >= 11 is 0. The van der Waals surface area contributed by atoms with Crippen molar-refractivity contribution in [2.75, 3.05) is 0 Å². The van der Waals surface area contributed by atoms with Crippen LogP contribution in [0.15, 0.2) is 6.20 Å². The van der Waals surface area contributed by atoms with Gasteiger partial charge >= 0.3 is 12.6 Å². The number of nitrogens with zero attached hydrogens (tertiary/aromatic N) is 3. The number of H-pyrrole nitrogens is 1. The molecule has 2 heterocycles. The number of rotatable bonds is 4. The van der Waals surface area contributed by atoms with Crippen molar-refractivity contribution in [3.05, 3.63) is 23.0 Å². The highest BCUT2D eigenvalue weighted by molar-refractivity contribution is 5.88. The van der Waals surface area contributed by atoms with E-state index in [1.165, 1.54) is 17.8 Å². The lowest BCUT2D eigenvalue weighted by Crippen LogP contribution is -2.05. The van der Waals surface area contributed by atoms with E-state index in [2.05, 4.69) is 20.0 Å². The molecule has 0 saturated heterocycles. The van der Waals surface area contributed by atoms with Gasteiger partial charge in [0.2, 0.25) is 5.88 Å². The summed E-state index contributed by atoms with van der Waals surface area (Å²) in [5.41, 5.74) is 0.677. The van der Waals surface area contributed by atoms with Crippen molar-refractivity contribution >= 4 is 5.97 Å². The van der Waals surface area contributed by atoms with Crippen molar-refractivity contribution in [3.8, 4) is 11.7 Å². The molecule has 0 bridgehead atoms. The molecule has 0 aliphatic rings. The predicted molar refractivity (Wildman–Crippen MR) is 58.8 cm³/mol. The second-order valence-corrected chi connectivity index (χ2v) is 3.74. The van der Waals surface area contributed by atoms with Gasteiger partial charge in [0.15, 0.2) is 5.82 Å². The third kappa shape index (κ3) is 2.26. The molecular formula is C10H10F2N4O3. The maximum Gasteiger partial charge on any atom is 0.388 e. The van der Waals surface area contributed by atoms with Gasteiger partial charge in [0, 0.05) is 0 Å². The summed E-state index contributed by atoms with van der Waals surface area (Å²) in [6, 6.07) is 0. The van der Waals surface area contributed by atoms with Crippen LogP contribution >= 0.6 is 0 Å². The highest BCUT2D eigenvalue weighted by atomic mass is 19.3. The summed E-state index contributed by atoms with van der Waals surface area (Å²) in [6.45, 7) is 0.0748. The Bertz CT molecular complexity index is 620. The van der Waals surface area contributed by atoms with Gasteiger partial charge in [0.1, 0.15) is 5.56 Å². The maximum atomic E-state index is 12.1. The number of carboxylic acid groups (broad SMARTS) is 1. The van der Waals surface area contributed by atoms with Crippen LogP contribution in [-0.2, 0) is 0 Å². The summed E-state index contributed by atoms with van der Waals surface area (Å²) in [5.74, 6) is -1.10. The summed E-state index contributed by atoms with van der Waals surface area (Å²) in [5, 5.41) is 18.9. The average molecular weight is 272 g/mol. The lowest BCUT2D eigenvalue weighted by Gasteiger charge is -2.04.